The highest BCUT2D eigenvalue weighted by Crippen LogP contribution is 2.36. The molecule has 0 saturated heterocycles. The van der Waals surface area contributed by atoms with Crippen molar-refractivity contribution in [1.82, 2.24) is 14.3 Å². The fraction of sp³-hybridized carbons (Fsp3) is 0.0476. The first-order valence-corrected chi connectivity index (χ1v) is 11.6. The molecule has 32 heavy (non-hydrogen) atoms. The van der Waals surface area contributed by atoms with E-state index in [-0.39, 0.29) is 16.3 Å². The quantitative estimate of drug-likeness (QED) is 0.433. The van der Waals surface area contributed by atoms with Gasteiger partial charge in [0.1, 0.15) is 17.3 Å². The Morgan fingerprint density at radius 3 is 2.53 bits per heavy atom. The second kappa shape index (κ2) is 8.16. The Labute approximate surface area is 191 Å². The highest BCUT2D eigenvalue weighted by atomic mass is 35.5. The summed E-state index contributed by atoms with van der Waals surface area (Å²) < 4.78 is 55.0. The molecule has 2 heterocycles. The number of nitrogens with one attached hydrogen (secondary N) is 1. The standard InChI is InChI=1S/C21H13Cl2F2N3O3S/c1-32(30,31)27-21(29)14-8-16(23)19(9-18(14)25)28-10-15(12-3-2-6-26-20(12)28)13-7-11(22)4-5-17(13)24/h2-10H,1H3,(H,27,29). The summed E-state index contributed by atoms with van der Waals surface area (Å²) in [6, 6.07) is 9.49. The number of rotatable bonds is 4. The van der Waals surface area contributed by atoms with Crippen LogP contribution in [0.25, 0.3) is 27.8 Å². The number of aromatic nitrogens is 2. The number of pyridine rings is 1. The molecule has 4 aromatic rings. The summed E-state index contributed by atoms with van der Waals surface area (Å²) >= 11 is 12.4. The van der Waals surface area contributed by atoms with Gasteiger partial charge in [0.2, 0.25) is 10.0 Å². The number of carbonyl (C=O) groups is 1. The zero-order valence-electron chi connectivity index (χ0n) is 16.2. The Kier molecular flexibility index (Phi) is 5.66. The number of carbonyl (C=O) groups excluding carboxylic acids is 1. The first-order chi connectivity index (χ1) is 15.0. The Bertz CT molecular complexity index is 1500. The monoisotopic (exact) mass is 495 g/mol. The minimum absolute atomic E-state index is 0.0503. The van der Waals surface area contributed by atoms with Crippen LogP contribution in [0, 0.1) is 11.6 Å². The van der Waals surface area contributed by atoms with Crippen molar-refractivity contribution < 1.29 is 22.0 Å². The van der Waals surface area contributed by atoms with Gasteiger partial charge < -0.3 is 0 Å². The molecule has 0 aliphatic rings. The summed E-state index contributed by atoms with van der Waals surface area (Å²) in [5, 5.41) is 0.839. The number of benzene rings is 2. The van der Waals surface area contributed by atoms with Crippen molar-refractivity contribution in [2.45, 2.75) is 0 Å². The number of hydrogen-bond donors (Lipinski definition) is 1. The van der Waals surface area contributed by atoms with Crippen molar-refractivity contribution in [1.29, 1.82) is 0 Å². The van der Waals surface area contributed by atoms with Gasteiger partial charge in [-0.1, -0.05) is 23.2 Å². The third-order valence-corrected chi connectivity index (χ3v) is 5.69. The predicted molar refractivity (Wildman–Crippen MR) is 119 cm³/mol. The average molecular weight is 496 g/mol. The number of fused-ring (bicyclic) bond motifs is 1. The van der Waals surface area contributed by atoms with Crippen LogP contribution >= 0.6 is 23.2 Å². The topological polar surface area (TPSA) is 81.1 Å². The van der Waals surface area contributed by atoms with Crippen LogP contribution in [0.4, 0.5) is 8.78 Å². The molecule has 0 spiro atoms. The summed E-state index contributed by atoms with van der Waals surface area (Å²) in [7, 11) is -3.90. The van der Waals surface area contributed by atoms with Gasteiger partial charge in [0.25, 0.3) is 5.91 Å². The van der Waals surface area contributed by atoms with Gasteiger partial charge in [0, 0.05) is 40.0 Å². The van der Waals surface area contributed by atoms with Crippen LogP contribution in [-0.2, 0) is 10.0 Å². The molecule has 164 valence electrons. The fourth-order valence-electron chi connectivity index (χ4n) is 3.28. The first kappa shape index (κ1) is 22.2. The van der Waals surface area contributed by atoms with Crippen molar-refractivity contribution >= 4 is 50.2 Å². The average Bonchev–Trinajstić information content (AvgIpc) is 3.09. The van der Waals surface area contributed by atoms with Crippen LogP contribution < -0.4 is 4.72 Å². The molecule has 0 unspecified atom stereocenters. The van der Waals surface area contributed by atoms with E-state index < -0.39 is 33.1 Å². The molecule has 0 aliphatic carbocycles. The van der Waals surface area contributed by atoms with E-state index in [1.54, 1.807) is 16.9 Å². The summed E-state index contributed by atoms with van der Waals surface area (Å²) in [5.74, 6) is -2.67. The van der Waals surface area contributed by atoms with Gasteiger partial charge in [-0.2, -0.15) is 0 Å². The number of nitrogens with zero attached hydrogens (tertiary/aromatic N) is 2. The number of hydrogen-bond acceptors (Lipinski definition) is 4. The zero-order chi connectivity index (χ0) is 23.2. The zero-order valence-corrected chi connectivity index (χ0v) is 18.6. The molecule has 6 nitrogen and oxygen atoms in total. The maximum Gasteiger partial charge on any atom is 0.267 e. The van der Waals surface area contributed by atoms with E-state index >= 15 is 0 Å². The molecular formula is C21H13Cl2F2N3O3S. The molecule has 0 bridgehead atoms. The molecule has 0 atom stereocenters. The Morgan fingerprint density at radius 1 is 1.06 bits per heavy atom. The second-order valence-corrected chi connectivity index (χ2v) is 9.49. The fourth-order valence-corrected chi connectivity index (χ4v) is 4.15. The molecule has 1 amide bonds. The van der Waals surface area contributed by atoms with Crippen LogP contribution in [0.3, 0.4) is 0 Å². The molecule has 0 fully saturated rings. The van der Waals surface area contributed by atoms with Crippen molar-refractivity contribution in [2.24, 2.45) is 0 Å². The summed E-state index contributed by atoms with van der Waals surface area (Å²) in [5.41, 5.74) is 0.599. The predicted octanol–water partition coefficient (Wildman–Crippen LogP) is 4.97. The molecule has 0 aliphatic heterocycles. The minimum Gasteiger partial charge on any atom is -0.299 e. The molecule has 0 radical (unpaired) electrons. The highest BCUT2D eigenvalue weighted by Gasteiger charge is 2.21. The van der Waals surface area contributed by atoms with Crippen LogP contribution in [0.15, 0.2) is 54.9 Å². The Balaban J connectivity index is 1.91. The lowest BCUT2D eigenvalue weighted by Crippen LogP contribution is -2.30. The van der Waals surface area contributed by atoms with Crippen LogP contribution in [0.1, 0.15) is 10.4 Å². The molecule has 2 aromatic heterocycles. The lowest BCUT2D eigenvalue weighted by Gasteiger charge is -2.11. The highest BCUT2D eigenvalue weighted by molar-refractivity contribution is 7.89. The van der Waals surface area contributed by atoms with E-state index in [2.05, 4.69) is 4.98 Å². The van der Waals surface area contributed by atoms with Crippen molar-refractivity contribution in [3.63, 3.8) is 0 Å². The van der Waals surface area contributed by atoms with E-state index in [1.807, 2.05) is 0 Å². The van der Waals surface area contributed by atoms with Crippen LogP contribution in [0.2, 0.25) is 10.0 Å². The Hall–Kier alpha value is -3.01. The van der Waals surface area contributed by atoms with Crippen LogP contribution in [-0.4, -0.2) is 30.1 Å². The van der Waals surface area contributed by atoms with Gasteiger partial charge >= 0.3 is 0 Å². The lowest BCUT2D eigenvalue weighted by atomic mass is 10.1. The summed E-state index contributed by atoms with van der Waals surface area (Å²) in [6.45, 7) is 0. The summed E-state index contributed by atoms with van der Waals surface area (Å²) in [6.07, 6.45) is 3.81. The van der Waals surface area contributed by atoms with Gasteiger partial charge in [-0.15, -0.1) is 0 Å². The largest absolute Gasteiger partial charge is 0.299 e. The number of halogens is 4. The normalized spacial score (nSPS) is 11.7. The maximum atomic E-state index is 14.8. The molecule has 0 saturated carbocycles. The lowest BCUT2D eigenvalue weighted by molar-refractivity contribution is 0.0978. The molecule has 4 rings (SSSR count). The first-order valence-electron chi connectivity index (χ1n) is 8.98. The van der Waals surface area contributed by atoms with E-state index in [1.165, 1.54) is 35.2 Å². The molecule has 2 aromatic carbocycles. The Morgan fingerprint density at radius 2 is 1.81 bits per heavy atom. The minimum atomic E-state index is -3.90. The van der Waals surface area contributed by atoms with Gasteiger partial charge in [-0.3, -0.25) is 9.36 Å². The third kappa shape index (κ3) is 4.19. The van der Waals surface area contributed by atoms with Crippen LogP contribution in [0.5, 0.6) is 0 Å². The van der Waals surface area contributed by atoms with Gasteiger partial charge in [-0.05, 0) is 36.4 Å². The van der Waals surface area contributed by atoms with E-state index in [4.69, 9.17) is 23.2 Å². The number of sulfonamides is 1. The maximum absolute atomic E-state index is 14.8. The van der Waals surface area contributed by atoms with Gasteiger partial charge in [-0.25, -0.2) is 26.9 Å². The molecule has 1 N–H and O–H groups in total. The van der Waals surface area contributed by atoms with Crippen molar-refractivity contribution in [3.05, 3.63) is 82.1 Å². The van der Waals surface area contributed by atoms with Crippen molar-refractivity contribution in [2.75, 3.05) is 6.26 Å². The second-order valence-electron chi connectivity index (χ2n) is 6.90. The molecule has 11 heteroatoms. The van der Waals surface area contributed by atoms with E-state index in [0.717, 1.165) is 18.4 Å². The van der Waals surface area contributed by atoms with Gasteiger partial charge in [0.15, 0.2) is 0 Å². The van der Waals surface area contributed by atoms with E-state index in [0.29, 0.717) is 21.6 Å². The molecular weight excluding hydrogens is 483 g/mol. The smallest absolute Gasteiger partial charge is 0.267 e. The number of amides is 1. The third-order valence-electron chi connectivity index (χ3n) is 4.60. The van der Waals surface area contributed by atoms with Gasteiger partial charge in [0.05, 0.1) is 22.5 Å². The SMILES string of the molecule is CS(=O)(=O)NC(=O)c1cc(Cl)c(-n2cc(-c3cc(Cl)ccc3F)c3cccnc32)cc1F. The van der Waals surface area contributed by atoms with E-state index in [9.17, 15) is 22.0 Å². The van der Waals surface area contributed by atoms with Crippen molar-refractivity contribution in [3.8, 4) is 16.8 Å². The summed E-state index contributed by atoms with van der Waals surface area (Å²) in [4.78, 5) is 16.4.